The molecule has 16 heavy (non-hydrogen) atoms. The molecule has 0 radical (unpaired) electrons. The summed E-state index contributed by atoms with van der Waals surface area (Å²) in [6.45, 7) is 5.84. The van der Waals surface area contributed by atoms with Crippen LogP contribution in [0.4, 0.5) is 0 Å². The first-order valence-electron chi connectivity index (χ1n) is 7.04. The molecule has 0 aromatic heterocycles. The smallest absolute Gasteiger partial charge is 0.00924 e. The Kier molecular flexibility index (Phi) is 6.37. The Morgan fingerprint density at radius 3 is 2.38 bits per heavy atom. The van der Waals surface area contributed by atoms with Crippen LogP contribution in [0, 0.1) is 5.92 Å². The van der Waals surface area contributed by atoms with Crippen molar-refractivity contribution in [2.24, 2.45) is 5.92 Å². The zero-order valence-electron chi connectivity index (χ0n) is 11.6. The van der Waals surface area contributed by atoms with Gasteiger partial charge in [0.05, 0.1) is 0 Å². The third-order valence-electron chi connectivity index (χ3n) is 4.42. The highest BCUT2D eigenvalue weighted by Crippen LogP contribution is 2.28. The summed E-state index contributed by atoms with van der Waals surface area (Å²) < 4.78 is 0. The second-order valence-corrected chi connectivity index (χ2v) is 5.54. The van der Waals surface area contributed by atoms with Crippen molar-refractivity contribution in [2.45, 2.75) is 64.5 Å². The summed E-state index contributed by atoms with van der Waals surface area (Å²) >= 11 is 0. The van der Waals surface area contributed by atoms with Gasteiger partial charge in [-0.1, -0.05) is 13.3 Å². The van der Waals surface area contributed by atoms with E-state index in [0.717, 1.165) is 12.0 Å². The van der Waals surface area contributed by atoms with Crippen LogP contribution in [0.5, 0.6) is 0 Å². The molecule has 0 saturated heterocycles. The molecule has 96 valence electrons. The Bertz CT molecular complexity index is 174. The highest BCUT2D eigenvalue weighted by Gasteiger charge is 2.22. The quantitative estimate of drug-likeness (QED) is 0.749. The van der Waals surface area contributed by atoms with E-state index in [0.29, 0.717) is 6.04 Å². The van der Waals surface area contributed by atoms with Crippen LogP contribution < -0.4 is 5.32 Å². The van der Waals surface area contributed by atoms with Crippen molar-refractivity contribution in [3.63, 3.8) is 0 Å². The van der Waals surface area contributed by atoms with E-state index < -0.39 is 0 Å². The van der Waals surface area contributed by atoms with Gasteiger partial charge >= 0.3 is 0 Å². The SMILES string of the molecule is CCC1CCC(N(C)CCC(C)NC)CC1. The lowest BCUT2D eigenvalue weighted by Crippen LogP contribution is -2.37. The van der Waals surface area contributed by atoms with Crippen molar-refractivity contribution >= 4 is 0 Å². The third kappa shape index (κ3) is 4.42. The second-order valence-electron chi connectivity index (χ2n) is 5.54. The molecule has 1 N–H and O–H groups in total. The van der Waals surface area contributed by atoms with Crippen LogP contribution in [-0.2, 0) is 0 Å². The fourth-order valence-electron chi connectivity index (χ4n) is 2.72. The van der Waals surface area contributed by atoms with Crippen LogP contribution in [0.2, 0.25) is 0 Å². The lowest BCUT2D eigenvalue weighted by Gasteiger charge is -2.34. The molecule has 1 rings (SSSR count). The van der Waals surface area contributed by atoms with Crippen LogP contribution in [0.25, 0.3) is 0 Å². The molecule has 1 unspecified atom stereocenters. The molecule has 0 heterocycles. The largest absolute Gasteiger partial charge is 0.317 e. The fourth-order valence-corrected chi connectivity index (χ4v) is 2.72. The molecule has 0 amide bonds. The molecule has 1 saturated carbocycles. The Labute approximate surface area is 102 Å². The van der Waals surface area contributed by atoms with E-state index in [1.807, 2.05) is 0 Å². The molecule has 2 nitrogen and oxygen atoms in total. The maximum atomic E-state index is 3.31. The van der Waals surface area contributed by atoms with Gasteiger partial charge in [0.2, 0.25) is 0 Å². The molecular formula is C14H30N2. The lowest BCUT2D eigenvalue weighted by atomic mass is 9.84. The van der Waals surface area contributed by atoms with Crippen molar-refractivity contribution < 1.29 is 0 Å². The van der Waals surface area contributed by atoms with Crippen molar-refractivity contribution in [1.82, 2.24) is 10.2 Å². The summed E-state index contributed by atoms with van der Waals surface area (Å²) in [5.41, 5.74) is 0. The van der Waals surface area contributed by atoms with Gasteiger partial charge < -0.3 is 10.2 Å². The zero-order chi connectivity index (χ0) is 12.0. The molecule has 0 spiro atoms. The van der Waals surface area contributed by atoms with E-state index in [1.54, 1.807) is 0 Å². The maximum Gasteiger partial charge on any atom is 0.00924 e. The summed E-state index contributed by atoms with van der Waals surface area (Å²) in [7, 11) is 4.36. The van der Waals surface area contributed by atoms with Gasteiger partial charge in [0, 0.05) is 12.1 Å². The predicted molar refractivity (Wildman–Crippen MR) is 71.8 cm³/mol. The highest BCUT2D eigenvalue weighted by molar-refractivity contribution is 4.78. The summed E-state index contributed by atoms with van der Waals surface area (Å²) in [6, 6.07) is 1.50. The average Bonchev–Trinajstić information content (AvgIpc) is 2.35. The maximum absolute atomic E-state index is 3.31. The van der Waals surface area contributed by atoms with Gasteiger partial charge in [0.15, 0.2) is 0 Å². The Hall–Kier alpha value is -0.0800. The molecule has 2 heteroatoms. The van der Waals surface area contributed by atoms with Crippen molar-refractivity contribution in [2.75, 3.05) is 20.6 Å². The molecule has 1 fully saturated rings. The van der Waals surface area contributed by atoms with E-state index in [4.69, 9.17) is 0 Å². The molecule has 1 atom stereocenters. The third-order valence-corrected chi connectivity index (χ3v) is 4.42. The molecule has 0 bridgehead atoms. The zero-order valence-corrected chi connectivity index (χ0v) is 11.6. The van der Waals surface area contributed by atoms with Crippen LogP contribution in [0.3, 0.4) is 0 Å². The number of nitrogens with one attached hydrogen (secondary N) is 1. The topological polar surface area (TPSA) is 15.3 Å². The first-order chi connectivity index (χ1) is 7.67. The first kappa shape index (κ1) is 14.0. The number of nitrogens with zero attached hydrogens (tertiary/aromatic N) is 1. The normalized spacial score (nSPS) is 28.3. The minimum absolute atomic E-state index is 0.648. The van der Waals surface area contributed by atoms with Gasteiger partial charge in [-0.2, -0.15) is 0 Å². The predicted octanol–water partition coefficient (Wildman–Crippen LogP) is 2.89. The van der Waals surface area contributed by atoms with Crippen LogP contribution in [0.1, 0.15) is 52.4 Å². The standard InChI is InChI=1S/C14H30N2/c1-5-13-6-8-14(9-7-13)16(4)11-10-12(2)15-3/h12-15H,5-11H2,1-4H3. The minimum atomic E-state index is 0.648. The summed E-state index contributed by atoms with van der Waals surface area (Å²) in [6.07, 6.45) is 8.39. The summed E-state index contributed by atoms with van der Waals surface area (Å²) in [4.78, 5) is 2.58. The molecular weight excluding hydrogens is 196 g/mol. The average molecular weight is 226 g/mol. The van der Waals surface area contributed by atoms with E-state index in [1.165, 1.54) is 45.1 Å². The summed E-state index contributed by atoms with van der Waals surface area (Å²) in [5.74, 6) is 1.01. The van der Waals surface area contributed by atoms with E-state index in [-0.39, 0.29) is 0 Å². The van der Waals surface area contributed by atoms with E-state index in [2.05, 4.69) is 38.2 Å². The molecule has 1 aliphatic carbocycles. The Balaban J connectivity index is 2.20. The first-order valence-corrected chi connectivity index (χ1v) is 7.04. The van der Waals surface area contributed by atoms with E-state index in [9.17, 15) is 0 Å². The molecule has 0 aromatic rings. The van der Waals surface area contributed by atoms with Crippen LogP contribution in [-0.4, -0.2) is 37.6 Å². The fraction of sp³-hybridized carbons (Fsp3) is 1.00. The van der Waals surface area contributed by atoms with Crippen LogP contribution in [0.15, 0.2) is 0 Å². The number of rotatable bonds is 6. The Morgan fingerprint density at radius 1 is 1.25 bits per heavy atom. The van der Waals surface area contributed by atoms with Crippen molar-refractivity contribution in [3.8, 4) is 0 Å². The molecule has 1 aliphatic rings. The second kappa shape index (κ2) is 7.29. The lowest BCUT2D eigenvalue weighted by molar-refractivity contribution is 0.159. The van der Waals surface area contributed by atoms with Crippen molar-refractivity contribution in [1.29, 1.82) is 0 Å². The molecule has 0 aromatic carbocycles. The molecule has 0 aliphatic heterocycles. The van der Waals surface area contributed by atoms with Gasteiger partial charge in [0.1, 0.15) is 0 Å². The van der Waals surface area contributed by atoms with Gasteiger partial charge in [-0.05, 0) is 65.6 Å². The minimum Gasteiger partial charge on any atom is -0.317 e. The monoisotopic (exact) mass is 226 g/mol. The van der Waals surface area contributed by atoms with Crippen LogP contribution >= 0.6 is 0 Å². The summed E-state index contributed by atoms with van der Waals surface area (Å²) in [5, 5.41) is 3.31. The van der Waals surface area contributed by atoms with Gasteiger partial charge in [0.25, 0.3) is 0 Å². The highest BCUT2D eigenvalue weighted by atomic mass is 15.1. The Morgan fingerprint density at radius 2 is 1.88 bits per heavy atom. The van der Waals surface area contributed by atoms with Gasteiger partial charge in [-0.3, -0.25) is 0 Å². The van der Waals surface area contributed by atoms with Crippen molar-refractivity contribution in [3.05, 3.63) is 0 Å². The number of hydrogen-bond acceptors (Lipinski definition) is 2. The van der Waals surface area contributed by atoms with Gasteiger partial charge in [-0.25, -0.2) is 0 Å². The van der Waals surface area contributed by atoms with Gasteiger partial charge in [-0.15, -0.1) is 0 Å². The van der Waals surface area contributed by atoms with E-state index >= 15 is 0 Å². The number of hydrogen-bond donors (Lipinski definition) is 1.